The third-order valence-corrected chi connectivity index (χ3v) is 2.41. The first-order valence-electron chi connectivity index (χ1n) is 5.72. The highest BCUT2D eigenvalue weighted by Crippen LogP contribution is 2.19. The number of aryl methyl sites for hydroxylation is 1. The average molecular weight is 262 g/mol. The van der Waals surface area contributed by atoms with E-state index in [0.717, 1.165) is 5.52 Å². The van der Waals surface area contributed by atoms with Crippen LogP contribution in [0.25, 0.3) is 11.1 Å². The first kappa shape index (κ1) is 13.0. The standard InChI is InChI=1S/C12H14N4O3/c1-7-15-9-3-2-8(4-10(9)19-7)16-12(18)6-14-11(17)5-13/h2-4H,5-6,13H2,1H3,(H,14,17)(H,16,18). The normalized spacial score (nSPS) is 10.4. The molecule has 0 unspecified atom stereocenters. The summed E-state index contributed by atoms with van der Waals surface area (Å²) in [6.45, 7) is 1.49. The lowest BCUT2D eigenvalue weighted by Crippen LogP contribution is -2.36. The summed E-state index contributed by atoms with van der Waals surface area (Å²) in [5.74, 6) is -0.150. The Hall–Kier alpha value is -2.41. The lowest BCUT2D eigenvalue weighted by molar-refractivity contribution is -0.123. The van der Waals surface area contributed by atoms with Crippen LogP contribution >= 0.6 is 0 Å². The summed E-state index contributed by atoms with van der Waals surface area (Å²) in [7, 11) is 0. The molecule has 0 fully saturated rings. The van der Waals surface area contributed by atoms with E-state index in [1.807, 2.05) is 0 Å². The van der Waals surface area contributed by atoms with Crippen LogP contribution in [-0.4, -0.2) is 29.9 Å². The molecule has 1 heterocycles. The summed E-state index contributed by atoms with van der Waals surface area (Å²) in [6.07, 6.45) is 0. The summed E-state index contributed by atoms with van der Waals surface area (Å²) in [5.41, 5.74) is 7.02. The number of fused-ring (bicyclic) bond motifs is 1. The number of anilines is 1. The summed E-state index contributed by atoms with van der Waals surface area (Å²) in [5, 5.41) is 5.02. The van der Waals surface area contributed by atoms with Gasteiger partial charge in [0.15, 0.2) is 11.5 Å². The van der Waals surface area contributed by atoms with Gasteiger partial charge in [0.05, 0.1) is 13.1 Å². The Morgan fingerprint density at radius 1 is 1.37 bits per heavy atom. The maximum atomic E-state index is 11.6. The van der Waals surface area contributed by atoms with Crippen LogP contribution in [0.5, 0.6) is 0 Å². The maximum Gasteiger partial charge on any atom is 0.243 e. The minimum Gasteiger partial charge on any atom is -0.441 e. The number of carbonyl (C=O) groups excluding carboxylic acids is 2. The number of carbonyl (C=O) groups is 2. The summed E-state index contributed by atoms with van der Waals surface area (Å²) < 4.78 is 5.36. The molecule has 0 bridgehead atoms. The van der Waals surface area contributed by atoms with Gasteiger partial charge in [0.1, 0.15) is 5.52 Å². The fourth-order valence-electron chi connectivity index (χ4n) is 1.57. The molecule has 1 aromatic heterocycles. The summed E-state index contributed by atoms with van der Waals surface area (Å²) in [6, 6.07) is 5.14. The molecule has 4 N–H and O–H groups in total. The van der Waals surface area contributed by atoms with Crippen molar-refractivity contribution in [3.05, 3.63) is 24.1 Å². The van der Waals surface area contributed by atoms with Crippen LogP contribution in [0.2, 0.25) is 0 Å². The van der Waals surface area contributed by atoms with Crippen LogP contribution in [0.3, 0.4) is 0 Å². The first-order valence-corrected chi connectivity index (χ1v) is 5.72. The molecule has 100 valence electrons. The van der Waals surface area contributed by atoms with Crippen molar-refractivity contribution in [2.45, 2.75) is 6.92 Å². The van der Waals surface area contributed by atoms with Gasteiger partial charge < -0.3 is 20.8 Å². The van der Waals surface area contributed by atoms with Gasteiger partial charge in [-0.25, -0.2) is 4.98 Å². The van der Waals surface area contributed by atoms with E-state index in [0.29, 0.717) is 17.2 Å². The number of rotatable bonds is 4. The van der Waals surface area contributed by atoms with E-state index in [4.69, 9.17) is 10.2 Å². The number of hydrogen-bond donors (Lipinski definition) is 3. The van der Waals surface area contributed by atoms with Gasteiger partial charge in [-0.1, -0.05) is 0 Å². The number of nitrogens with zero attached hydrogens (tertiary/aromatic N) is 1. The topological polar surface area (TPSA) is 110 Å². The molecule has 0 aliphatic rings. The molecule has 2 rings (SSSR count). The molecule has 0 radical (unpaired) electrons. The molecule has 2 amide bonds. The van der Waals surface area contributed by atoms with E-state index in [-0.39, 0.29) is 24.9 Å². The van der Waals surface area contributed by atoms with E-state index < -0.39 is 0 Å². The molecule has 0 saturated heterocycles. The van der Waals surface area contributed by atoms with Crippen LogP contribution in [0, 0.1) is 6.92 Å². The van der Waals surface area contributed by atoms with Gasteiger partial charge in [-0.2, -0.15) is 0 Å². The summed E-state index contributed by atoms with van der Waals surface area (Å²) >= 11 is 0. The zero-order valence-electron chi connectivity index (χ0n) is 10.4. The fraction of sp³-hybridized carbons (Fsp3) is 0.250. The van der Waals surface area contributed by atoms with Crippen molar-refractivity contribution in [1.29, 1.82) is 0 Å². The molecule has 1 aromatic carbocycles. The predicted molar refractivity (Wildman–Crippen MR) is 69.4 cm³/mol. The zero-order chi connectivity index (χ0) is 13.8. The van der Waals surface area contributed by atoms with Crippen LogP contribution in [0.1, 0.15) is 5.89 Å². The summed E-state index contributed by atoms with van der Waals surface area (Å²) in [4.78, 5) is 26.6. The van der Waals surface area contributed by atoms with E-state index >= 15 is 0 Å². The van der Waals surface area contributed by atoms with Gasteiger partial charge in [0.2, 0.25) is 11.8 Å². The van der Waals surface area contributed by atoms with Gasteiger partial charge in [0.25, 0.3) is 0 Å². The second-order valence-corrected chi connectivity index (χ2v) is 3.94. The lowest BCUT2D eigenvalue weighted by Gasteiger charge is -2.05. The second kappa shape index (κ2) is 5.49. The Labute approximate surface area is 109 Å². The molecule has 0 aliphatic carbocycles. The minimum absolute atomic E-state index is 0.122. The van der Waals surface area contributed by atoms with Crippen LogP contribution < -0.4 is 16.4 Å². The lowest BCUT2D eigenvalue weighted by atomic mass is 10.3. The number of nitrogens with one attached hydrogen (secondary N) is 2. The monoisotopic (exact) mass is 262 g/mol. The Morgan fingerprint density at radius 3 is 2.89 bits per heavy atom. The zero-order valence-corrected chi connectivity index (χ0v) is 10.4. The van der Waals surface area contributed by atoms with Gasteiger partial charge in [-0.05, 0) is 12.1 Å². The molecule has 2 aromatic rings. The highest BCUT2D eigenvalue weighted by atomic mass is 16.3. The van der Waals surface area contributed by atoms with Gasteiger partial charge in [-0.15, -0.1) is 0 Å². The Morgan fingerprint density at radius 2 is 2.16 bits per heavy atom. The number of hydrogen-bond acceptors (Lipinski definition) is 5. The van der Waals surface area contributed by atoms with Crippen molar-refractivity contribution in [3.63, 3.8) is 0 Å². The van der Waals surface area contributed by atoms with Crippen molar-refractivity contribution < 1.29 is 14.0 Å². The van der Waals surface area contributed by atoms with E-state index in [2.05, 4.69) is 15.6 Å². The number of benzene rings is 1. The number of oxazole rings is 1. The SMILES string of the molecule is Cc1nc2ccc(NC(=O)CNC(=O)CN)cc2o1. The van der Waals surface area contributed by atoms with E-state index in [1.165, 1.54) is 0 Å². The number of amides is 2. The largest absolute Gasteiger partial charge is 0.441 e. The molecule has 0 spiro atoms. The highest BCUT2D eigenvalue weighted by Gasteiger charge is 2.07. The smallest absolute Gasteiger partial charge is 0.243 e. The predicted octanol–water partition coefficient (Wildman–Crippen LogP) is 0.150. The average Bonchev–Trinajstić information content (AvgIpc) is 2.75. The minimum atomic E-state index is -0.378. The Balaban J connectivity index is 2.00. The van der Waals surface area contributed by atoms with Gasteiger partial charge in [0, 0.05) is 18.7 Å². The van der Waals surface area contributed by atoms with Gasteiger partial charge in [-0.3, -0.25) is 9.59 Å². The highest BCUT2D eigenvalue weighted by molar-refractivity contribution is 5.96. The Bertz CT molecular complexity index is 620. The molecule has 7 nitrogen and oxygen atoms in total. The van der Waals surface area contributed by atoms with Crippen LogP contribution in [0.4, 0.5) is 5.69 Å². The number of nitrogens with two attached hydrogens (primary N) is 1. The number of aromatic nitrogens is 1. The second-order valence-electron chi connectivity index (χ2n) is 3.94. The molecule has 19 heavy (non-hydrogen) atoms. The molecule has 7 heteroatoms. The van der Waals surface area contributed by atoms with Crippen LogP contribution in [-0.2, 0) is 9.59 Å². The fourth-order valence-corrected chi connectivity index (χ4v) is 1.57. The van der Waals surface area contributed by atoms with E-state index in [9.17, 15) is 9.59 Å². The van der Waals surface area contributed by atoms with Crippen molar-refractivity contribution >= 4 is 28.6 Å². The molecular formula is C12H14N4O3. The molecule has 0 aliphatic heterocycles. The first-order chi connectivity index (χ1) is 9.08. The van der Waals surface area contributed by atoms with Crippen molar-refractivity contribution in [1.82, 2.24) is 10.3 Å². The third kappa shape index (κ3) is 3.29. The van der Waals surface area contributed by atoms with E-state index in [1.54, 1.807) is 25.1 Å². The molecule has 0 saturated carbocycles. The molecule has 0 atom stereocenters. The van der Waals surface area contributed by atoms with Crippen molar-refractivity contribution in [2.24, 2.45) is 5.73 Å². The molecular weight excluding hydrogens is 248 g/mol. The maximum absolute atomic E-state index is 11.6. The third-order valence-electron chi connectivity index (χ3n) is 2.41. The van der Waals surface area contributed by atoms with Crippen molar-refractivity contribution in [3.8, 4) is 0 Å². The quantitative estimate of drug-likeness (QED) is 0.726. The van der Waals surface area contributed by atoms with Crippen LogP contribution in [0.15, 0.2) is 22.6 Å². The van der Waals surface area contributed by atoms with Gasteiger partial charge >= 0.3 is 0 Å². The van der Waals surface area contributed by atoms with Crippen molar-refractivity contribution in [2.75, 3.05) is 18.4 Å². The Kier molecular flexibility index (Phi) is 3.76.